The minimum absolute atomic E-state index is 0.763. The van der Waals surface area contributed by atoms with Crippen LogP contribution in [0.4, 0.5) is 5.69 Å². The number of anilines is 1. The Morgan fingerprint density at radius 3 is 2.37 bits per heavy atom. The summed E-state index contributed by atoms with van der Waals surface area (Å²) in [5.41, 5.74) is 1.32. The zero-order chi connectivity index (χ0) is 13.9. The van der Waals surface area contributed by atoms with E-state index in [1.54, 1.807) is 0 Å². The van der Waals surface area contributed by atoms with Crippen LogP contribution in [0.1, 0.15) is 39.5 Å². The van der Waals surface area contributed by atoms with Crippen LogP contribution in [0.2, 0.25) is 0 Å². The molecular weight excluding hydrogens is 232 g/mol. The summed E-state index contributed by atoms with van der Waals surface area (Å²) in [7, 11) is 2.18. The number of benzene rings is 1. The van der Waals surface area contributed by atoms with Crippen molar-refractivity contribution in [3.05, 3.63) is 30.3 Å². The van der Waals surface area contributed by atoms with Gasteiger partial charge in [-0.3, -0.25) is 0 Å². The summed E-state index contributed by atoms with van der Waals surface area (Å²) < 4.78 is 0. The zero-order valence-electron chi connectivity index (χ0n) is 12.9. The van der Waals surface area contributed by atoms with Crippen LogP contribution in [0.3, 0.4) is 0 Å². The molecule has 19 heavy (non-hydrogen) atoms. The Labute approximate surface area is 119 Å². The van der Waals surface area contributed by atoms with Gasteiger partial charge in [-0.2, -0.15) is 0 Å². The van der Waals surface area contributed by atoms with E-state index in [0.717, 1.165) is 19.0 Å². The largest absolute Gasteiger partial charge is 0.375 e. The second-order valence-electron chi connectivity index (χ2n) is 5.77. The molecule has 1 aromatic carbocycles. The van der Waals surface area contributed by atoms with E-state index in [9.17, 15) is 0 Å². The molecule has 0 fully saturated rings. The van der Waals surface area contributed by atoms with Crippen LogP contribution < -0.4 is 10.2 Å². The van der Waals surface area contributed by atoms with Crippen molar-refractivity contribution in [3.8, 4) is 0 Å². The first kappa shape index (κ1) is 16.0. The molecule has 0 saturated heterocycles. The Kier molecular flexibility index (Phi) is 8.31. The van der Waals surface area contributed by atoms with Crippen LogP contribution in [0.15, 0.2) is 30.3 Å². The van der Waals surface area contributed by atoms with Gasteiger partial charge in [-0.1, -0.05) is 44.9 Å². The van der Waals surface area contributed by atoms with Gasteiger partial charge in [0.05, 0.1) is 0 Å². The maximum absolute atomic E-state index is 3.50. The zero-order valence-corrected chi connectivity index (χ0v) is 12.9. The van der Waals surface area contributed by atoms with Gasteiger partial charge in [-0.15, -0.1) is 0 Å². The number of para-hydroxylation sites is 1. The van der Waals surface area contributed by atoms with Crippen molar-refractivity contribution < 1.29 is 0 Å². The molecule has 0 unspecified atom stereocenters. The van der Waals surface area contributed by atoms with Crippen molar-refractivity contribution in [2.45, 2.75) is 39.5 Å². The molecule has 0 atom stereocenters. The monoisotopic (exact) mass is 262 g/mol. The minimum Gasteiger partial charge on any atom is -0.375 e. The molecule has 2 heteroatoms. The lowest BCUT2D eigenvalue weighted by Crippen LogP contribution is -2.21. The third kappa shape index (κ3) is 7.89. The summed E-state index contributed by atoms with van der Waals surface area (Å²) in [5, 5.41) is 3.50. The molecule has 0 aromatic heterocycles. The van der Waals surface area contributed by atoms with Gasteiger partial charge in [-0.25, -0.2) is 0 Å². The fraction of sp³-hybridized carbons (Fsp3) is 0.647. The number of nitrogens with one attached hydrogen (secondary N) is 1. The molecule has 0 aliphatic carbocycles. The lowest BCUT2D eigenvalue weighted by molar-refractivity contribution is 0.526. The van der Waals surface area contributed by atoms with E-state index in [0.29, 0.717) is 0 Å². The highest BCUT2D eigenvalue weighted by Gasteiger charge is 1.99. The predicted molar refractivity (Wildman–Crippen MR) is 85.9 cm³/mol. The van der Waals surface area contributed by atoms with Gasteiger partial charge in [0, 0.05) is 19.3 Å². The van der Waals surface area contributed by atoms with Gasteiger partial charge < -0.3 is 10.2 Å². The molecule has 0 saturated carbocycles. The summed E-state index contributed by atoms with van der Waals surface area (Å²) in [6.45, 7) is 7.99. The molecule has 108 valence electrons. The van der Waals surface area contributed by atoms with Crippen molar-refractivity contribution >= 4 is 5.69 Å². The van der Waals surface area contributed by atoms with E-state index in [2.05, 4.69) is 61.4 Å². The van der Waals surface area contributed by atoms with Crippen molar-refractivity contribution in [2.75, 3.05) is 31.6 Å². The van der Waals surface area contributed by atoms with Crippen molar-refractivity contribution in [1.29, 1.82) is 0 Å². The Morgan fingerprint density at radius 1 is 1.00 bits per heavy atom. The molecule has 0 aliphatic rings. The second-order valence-corrected chi connectivity index (χ2v) is 5.77. The van der Waals surface area contributed by atoms with Crippen molar-refractivity contribution in [3.63, 3.8) is 0 Å². The van der Waals surface area contributed by atoms with Crippen LogP contribution in [0, 0.1) is 5.92 Å². The van der Waals surface area contributed by atoms with E-state index in [1.165, 1.54) is 37.9 Å². The molecule has 0 spiro atoms. The Balaban J connectivity index is 1.96. The topological polar surface area (TPSA) is 15.3 Å². The highest BCUT2D eigenvalue weighted by molar-refractivity contribution is 5.44. The van der Waals surface area contributed by atoms with Gasteiger partial charge in [0.15, 0.2) is 0 Å². The molecule has 0 aliphatic heterocycles. The van der Waals surface area contributed by atoms with Crippen LogP contribution in [-0.4, -0.2) is 26.7 Å². The number of nitrogens with zero attached hydrogens (tertiary/aromatic N) is 1. The summed E-state index contributed by atoms with van der Waals surface area (Å²) in [4.78, 5) is 2.34. The molecular formula is C17H30N2. The maximum atomic E-state index is 3.50. The number of hydrogen-bond donors (Lipinski definition) is 1. The Hall–Kier alpha value is -1.02. The highest BCUT2D eigenvalue weighted by Crippen LogP contribution is 2.12. The molecule has 2 nitrogen and oxygen atoms in total. The smallest absolute Gasteiger partial charge is 0.0363 e. The fourth-order valence-electron chi connectivity index (χ4n) is 2.15. The molecule has 0 bridgehead atoms. The number of hydrogen-bond acceptors (Lipinski definition) is 2. The van der Waals surface area contributed by atoms with Gasteiger partial charge >= 0.3 is 0 Å². The molecule has 0 radical (unpaired) electrons. The van der Waals surface area contributed by atoms with E-state index >= 15 is 0 Å². The number of rotatable bonds is 10. The quantitative estimate of drug-likeness (QED) is 0.643. The fourth-order valence-corrected chi connectivity index (χ4v) is 2.15. The van der Waals surface area contributed by atoms with E-state index in [1.807, 2.05) is 0 Å². The summed E-state index contributed by atoms with van der Waals surface area (Å²) in [5.74, 6) is 0.763. The maximum Gasteiger partial charge on any atom is 0.0363 e. The minimum atomic E-state index is 0.763. The molecule has 1 rings (SSSR count). The summed E-state index contributed by atoms with van der Waals surface area (Å²) >= 11 is 0. The highest BCUT2D eigenvalue weighted by atomic mass is 15.1. The number of unbranched alkanes of at least 4 members (excludes halogenated alkanes) is 3. The Morgan fingerprint density at radius 2 is 1.68 bits per heavy atom. The lowest BCUT2D eigenvalue weighted by atomic mass is 10.1. The first-order valence-corrected chi connectivity index (χ1v) is 7.67. The SMILES string of the molecule is CC(C)CNCCCCCCN(C)c1ccccc1. The predicted octanol–water partition coefficient (Wildman–Crippen LogP) is 3.93. The molecule has 0 amide bonds. The normalized spacial score (nSPS) is 10.9. The van der Waals surface area contributed by atoms with Gasteiger partial charge in [0.2, 0.25) is 0 Å². The van der Waals surface area contributed by atoms with Crippen molar-refractivity contribution in [2.24, 2.45) is 5.92 Å². The van der Waals surface area contributed by atoms with E-state index in [4.69, 9.17) is 0 Å². The second kappa shape index (κ2) is 9.85. The standard InChI is InChI=1S/C17H30N2/c1-16(2)15-18-13-9-4-5-10-14-19(3)17-11-7-6-8-12-17/h6-8,11-12,16,18H,4-5,9-10,13-15H2,1-3H3. The molecule has 1 aromatic rings. The summed E-state index contributed by atoms with van der Waals surface area (Å²) in [6, 6.07) is 10.6. The van der Waals surface area contributed by atoms with Gasteiger partial charge in [-0.05, 0) is 44.0 Å². The van der Waals surface area contributed by atoms with E-state index in [-0.39, 0.29) is 0 Å². The lowest BCUT2D eigenvalue weighted by Gasteiger charge is -2.19. The van der Waals surface area contributed by atoms with Gasteiger partial charge in [0.25, 0.3) is 0 Å². The third-order valence-electron chi connectivity index (χ3n) is 3.35. The first-order valence-electron chi connectivity index (χ1n) is 7.67. The average molecular weight is 262 g/mol. The van der Waals surface area contributed by atoms with Crippen LogP contribution in [-0.2, 0) is 0 Å². The molecule has 0 heterocycles. The van der Waals surface area contributed by atoms with Crippen LogP contribution in [0.25, 0.3) is 0 Å². The molecule has 1 N–H and O–H groups in total. The summed E-state index contributed by atoms with van der Waals surface area (Å²) in [6.07, 6.45) is 5.27. The third-order valence-corrected chi connectivity index (χ3v) is 3.35. The van der Waals surface area contributed by atoms with Crippen LogP contribution in [0.5, 0.6) is 0 Å². The first-order chi connectivity index (χ1) is 9.20. The van der Waals surface area contributed by atoms with E-state index < -0.39 is 0 Å². The van der Waals surface area contributed by atoms with Crippen LogP contribution >= 0.6 is 0 Å². The van der Waals surface area contributed by atoms with Crippen molar-refractivity contribution in [1.82, 2.24) is 5.32 Å². The Bertz CT molecular complexity index is 308. The average Bonchev–Trinajstić information content (AvgIpc) is 2.42. The van der Waals surface area contributed by atoms with Gasteiger partial charge in [0.1, 0.15) is 0 Å².